The molecule has 308 valence electrons. The summed E-state index contributed by atoms with van der Waals surface area (Å²) in [6, 6.07) is 18.2. The molecular formula is C44H49N7O8. The summed E-state index contributed by atoms with van der Waals surface area (Å²) in [6.45, 7) is 4.45. The van der Waals surface area contributed by atoms with Gasteiger partial charge in [-0.1, -0.05) is 60.7 Å². The molecule has 9 rings (SSSR count). The Morgan fingerprint density at radius 3 is 1.46 bits per heavy atom. The Labute approximate surface area is 341 Å². The van der Waals surface area contributed by atoms with Gasteiger partial charge in [-0.3, -0.25) is 19.2 Å². The van der Waals surface area contributed by atoms with Gasteiger partial charge in [-0.2, -0.15) is 0 Å². The molecule has 15 nitrogen and oxygen atoms in total. The van der Waals surface area contributed by atoms with Crippen molar-refractivity contribution in [3.8, 4) is 0 Å². The van der Waals surface area contributed by atoms with Crippen LogP contribution in [0.25, 0.3) is 11.1 Å². The van der Waals surface area contributed by atoms with Crippen LogP contribution in [0.4, 0.5) is 15.3 Å². The molecule has 2 unspecified atom stereocenters. The topological polar surface area (TPSA) is 229 Å². The molecule has 8 N–H and O–H groups in total. The number of hydrogen-bond acceptors (Lipinski definition) is 7. The normalized spacial score (nSPS) is 20.5. The van der Waals surface area contributed by atoms with Crippen LogP contribution < -0.4 is 27.0 Å². The fourth-order valence-corrected chi connectivity index (χ4v) is 9.20. The van der Waals surface area contributed by atoms with E-state index in [1.807, 2.05) is 85.5 Å². The van der Waals surface area contributed by atoms with Crippen LogP contribution >= 0.6 is 0 Å². The van der Waals surface area contributed by atoms with E-state index in [4.69, 9.17) is 11.5 Å². The largest absolute Gasteiger partial charge is 0.465 e. The lowest BCUT2D eigenvalue weighted by Crippen LogP contribution is -2.61. The van der Waals surface area contributed by atoms with Crippen molar-refractivity contribution in [2.24, 2.45) is 11.5 Å². The van der Waals surface area contributed by atoms with Gasteiger partial charge in [0.25, 0.3) is 0 Å². The summed E-state index contributed by atoms with van der Waals surface area (Å²) < 4.78 is 0. The van der Waals surface area contributed by atoms with E-state index >= 15 is 0 Å². The van der Waals surface area contributed by atoms with Gasteiger partial charge in [-0.05, 0) is 103 Å². The van der Waals surface area contributed by atoms with Gasteiger partial charge >= 0.3 is 12.2 Å². The molecule has 0 spiro atoms. The first-order valence-corrected chi connectivity index (χ1v) is 19.9. The lowest BCUT2D eigenvalue weighted by molar-refractivity contribution is -0.135. The van der Waals surface area contributed by atoms with Gasteiger partial charge in [0.15, 0.2) is 0 Å². The van der Waals surface area contributed by atoms with Crippen molar-refractivity contribution in [2.45, 2.75) is 89.6 Å². The highest BCUT2D eigenvalue weighted by Gasteiger charge is 2.45. The summed E-state index contributed by atoms with van der Waals surface area (Å²) in [7, 11) is 0. The number of primary amides is 2. The number of fused-ring (bicyclic) bond motifs is 6. The maximum Gasteiger partial charge on any atom is 0.405 e. The van der Waals surface area contributed by atoms with Crippen LogP contribution in [0.3, 0.4) is 0 Å². The molecule has 0 saturated carbocycles. The van der Waals surface area contributed by atoms with Crippen LogP contribution in [0, 0.1) is 13.8 Å². The zero-order chi connectivity index (χ0) is 42.1. The van der Waals surface area contributed by atoms with Gasteiger partial charge in [0.05, 0.1) is 0 Å². The maximum absolute atomic E-state index is 14.8. The first kappa shape index (κ1) is 40.6. The Balaban J connectivity index is 1.24. The summed E-state index contributed by atoms with van der Waals surface area (Å²) >= 11 is 0. The predicted octanol–water partition coefficient (Wildman–Crippen LogP) is 4.05. The van der Waals surface area contributed by atoms with E-state index < -0.39 is 60.2 Å². The zero-order valence-electron chi connectivity index (χ0n) is 33.1. The van der Waals surface area contributed by atoms with Crippen LogP contribution in [0.5, 0.6) is 0 Å². The van der Waals surface area contributed by atoms with Crippen LogP contribution in [-0.4, -0.2) is 93.3 Å². The Morgan fingerprint density at radius 1 is 0.678 bits per heavy atom. The molecule has 2 fully saturated rings. The molecule has 4 aliphatic carbocycles. The van der Waals surface area contributed by atoms with Crippen LogP contribution in [0.1, 0.15) is 71.9 Å². The van der Waals surface area contributed by atoms with E-state index in [1.54, 1.807) is 9.80 Å². The zero-order valence-corrected chi connectivity index (χ0v) is 33.1. The van der Waals surface area contributed by atoms with Gasteiger partial charge in [-0.15, -0.1) is 0 Å². The number of likely N-dealkylation sites (tertiary alicyclic amines) is 2. The van der Waals surface area contributed by atoms with E-state index in [-0.39, 0.29) is 37.1 Å². The number of anilines is 1. The van der Waals surface area contributed by atoms with Crippen LogP contribution in [-0.2, 0) is 32.0 Å². The second-order valence-electron chi connectivity index (χ2n) is 15.7. The van der Waals surface area contributed by atoms with E-state index in [0.717, 1.165) is 39.1 Å². The first-order valence-electron chi connectivity index (χ1n) is 19.9. The summed E-state index contributed by atoms with van der Waals surface area (Å²) in [5, 5.41) is 24.7. The van der Waals surface area contributed by atoms with Gasteiger partial charge in [0.2, 0.25) is 23.6 Å². The van der Waals surface area contributed by atoms with E-state index in [9.17, 15) is 39.0 Å². The number of rotatable bonds is 13. The summed E-state index contributed by atoms with van der Waals surface area (Å²) in [5.41, 5.74) is 19.5. The van der Waals surface area contributed by atoms with Gasteiger partial charge in [0, 0.05) is 42.8 Å². The Kier molecular flexibility index (Phi) is 11.5. The number of carboxylic acid groups (broad SMARTS) is 2. The molecule has 0 radical (unpaired) electrons. The lowest BCUT2D eigenvalue weighted by atomic mass is 9.85. The molecule has 6 amide bonds. The van der Waals surface area contributed by atoms with Crippen molar-refractivity contribution in [3.05, 3.63) is 111 Å². The molecule has 3 aromatic carbocycles. The minimum absolute atomic E-state index is 0.167. The molecular weight excluding hydrogens is 755 g/mol. The molecule has 59 heavy (non-hydrogen) atoms. The summed E-state index contributed by atoms with van der Waals surface area (Å²) in [4.78, 5) is 85.2. The third kappa shape index (κ3) is 8.22. The minimum atomic E-state index is -1.44. The van der Waals surface area contributed by atoms with Gasteiger partial charge < -0.3 is 47.0 Å². The van der Waals surface area contributed by atoms with E-state index in [2.05, 4.69) is 10.6 Å². The standard InChI is InChI=1S/C44H49N7O8/c1-24-6-3-7-36(25(24)2)51(37-8-4-18-49(37)41(54)34(47-43(56)57)22-32(39(45)52)30-20-26-10-14-28(30)15-11-26)38-9-5-19-50(38)42(55)35(48-44(58)59)23-33(40(46)53)31-21-27-12-16-29(31)17-13-27/h3,6-7,10-17,34-35,37-38,47-48H,4-5,8-9,18-23H2,1-2H3,(H2,45,52)(H2,46,53)(H,56,57)(H,58,59)/t34-,35?,37+,38?/m0/s1. The molecule has 2 heterocycles. The van der Waals surface area contributed by atoms with Crippen LogP contribution in [0.2, 0.25) is 0 Å². The third-order valence-electron chi connectivity index (χ3n) is 12.2. The smallest absolute Gasteiger partial charge is 0.405 e. The van der Waals surface area contributed by atoms with Crippen molar-refractivity contribution in [2.75, 3.05) is 18.0 Å². The Bertz CT molecular complexity index is 2130. The molecule has 3 aromatic rings. The van der Waals surface area contributed by atoms with E-state index in [1.165, 1.54) is 0 Å². The van der Waals surface area contributed by atoms with E-state index in [0.29, 0.717) is 49.7 Å². The third-order valence-corrected chi connectivity index (χ3v) is 12.2. The van der Waals surface area contributed by atoms with Crippen molar-refractivity contribution < 1.29 is 39.0 Å². The first-order chi connectivity index (χ1) is 28.2. The molecule has 6 aliphatic rings. The molecule has 2 saturated heterocycles. The number of aryl methyl sites for hydroxylation is 1. The minimum Gasteiger partial charge on any atom is -0.465 e. The van der Waals surface area contributed by atoms with Crippen molar-refractivity contribution in [3.63, 3.8) is 0 Å². The van der Waals surface area contributed by atoms with Crippen molar-refractivity contribution in [1.82, 2.24) is 20.4 Å². The molecule has 15 heteroatoms. The molecule has 4 bridgehead atoms. The number of nitrogens with one attached hydrogen (secondary N) is 2. The highest BCUT2D eigenvalue weighted by Crippen LogP contribution is 2.38. The van der Waals surface area contributed by atoms with Gasteiger partial charge in [0.1, 0.15) is 24.4 Å². The van der Waals surface area contributed by atoms with Gasteiger partial charge in [-0.25, -0.2) is 9.59 Å². The number of benzene rings is 3. The number of nitrogens with two attached hydrogens (primary N) is 2. The number of nitrogens with zero attached hydrogens (tertiary/aromatic N) is 3. The second-order valence-corrected chi connectivity index (χ2v) is 15.7. The number of allylic oxidation sites excluding steroid dienone is 2. The predicted molar refractivity (Wildman–Crippen MR) is 220 cm³/mol. The highest BCUT2D eigenvalue weighted by atomic mass is 16.4. The molecule has 2 aliphatic heterocycles. The lowest BCUT2D eigenvalue weighted by Gasteiger charge is -2.45. The van der Waals surface area contributed by atoms with Crippen molar-refractivity contribution in [1.29, 1.82) is 0 Å². The molecule has 0 aromatic heterocycles. The Hall–Kier alpha value is -6.64. The quantitative estimate of drug-likeness (QED) is 0.137. The monoisotopic (exact) mass is 803 g/mol. The van der Waals surface area contributed by atoms with Crippen LogP contribution in [0.15, 0.2) is 77.9 Å². The Morgan fingerprint density at radius 2 is 1.10 bits per heavy atom. The van der Waals surface area contributed by atoms with Crippen molar-refractivity contribution >= 4 is 52.6 Å². The highest BCUT2D eigenvalue weighted by molar-refractivity contribution is 6.03. The average molecular weight is 804 g/mol. The summed E-state index contributed by atoms with van der Waals surface area (Å²) in [6.07, 6.45) is -1.81. The number of carbonyl (C=O) groups excluding carboxylic acids is 4. The second kappa shape index (κ2) is 16.7. The SMILES string of the molecule is Cc1cccc(N(C2CCCN2C(=O)C(CC(C(N)=O)=C2Cc3ccc2cc3)NC(=O)O)[C@@H]2CCCN2C(=O)[C@H](CC(C(N)=O)=C2Cc3ccc2cc3)NC(=O)O)c1C. The average Bonchev–Trinajstić information content (AvgIpc) is 3.90. The molecule has 4 atom stereocenters. The number of amides is 6. The number of carbonyl (C=O) groups is 6. The summed E-state index contributed by atoms with van der Waals surface area (Å²) in [5.74, 6) is -2.59. The number of hydrogen-bond donors (Lipinski definition) is 6. The fraction of sp³-hybridized carbons (Fsp3) is 0.364. The fourth-order valence-electron chi connectivity index (χ4n) is 9.20. The maximum atomic E-state index is 14.8.